The first-order valence-electron chi connectivity index (χ1n) is 11.0. The molecule has 158 valence electrons. The lowest BCUT2D eigenvalue weighted by Gasteiger charge is -2.09. The Morgan fingerprint density at radius 1 is 0.969 bits per heavy atom. The molecule has 2 aliphatic carbocycles. The minimum absolute atomic E-state index is 0.183. The molecular formula is C25H22N6O. The van der Waals surface area contributed by atoms with Crippen LogP contribution in [0, 0.1) is 0 Å². The number of benzene rings is 1. The summed E-state index contributed by atoms with van der Waals surface area (Å²) in [6, 6.07) is 15.8. The smallest absolute Gasteiger partial charge is 0.255 e. The second-order valence-corrected chi connectivity index (χ2v) is 8.50. The fraction of sp³-hybridized carbons (Fsp3) is 0.240. The van der Waals surface area contributed by atoms with Gasteiger partial charge in [-0.1, -0.05) is 12.1 Å². The third kappa shape index (κ3) is 3.77. The molecule has 1 aromatic carbocycles. The number of carbonyl (C=O) groups is 1. The highest BCUT2D eigenvalue weighted by Crippen LogP contribution is 2.39. The number of pyridine rings is 2. The summed E-state index contributed by atoms with van der Waals surface area (Å²) in [5.74, 6) is 1.26. The van der Waals surface area contributed by atoms with E-state index in [4.69, 9.17) is 0 Å². The fourth-order valence-corrected chi connectivity index (χ4v) is 3.92. The minimum atomic E-state index is -0.183. The lowest BCUT2D eigenvalue weighted by atomic mass is 10.1. The van der Waals surface area contributed by atoms with E-state index in [1.54, 1.807) is 24.7 Å². The van der Waals surface area contributed by atoms with Crippen molar-refractivity contribution in [3.8, 4) is 22.6 Å². The first-order chi connectivity index (χ1) is 15.7. The highest BCUT2D eigenvalue weighted by atomic mass is 16.1. The summed E-state index contributed by atoms with van der Waals surface area (Å²) in [4.78, 5) is 21.9. The van der Waals surface area contributed by atoms with Crippen molar-refractivity contribution in [2.45, 2.75) is 37.6 Å². The zero-order chi connectivity index (χ0) is 21.5. The molecule has 0 atom stereocenters. The number of hydrogen-bond donors (Lipinski definition) is 1. The van der Waals surface area contributed by atoms with Crippen LogP contribution in [-0.2, 0) is 0 Å². The van der Waals surface area contributed by atoms with Gasteiger partial charge in [0.1, 0.15) is 6.33 Å². The standard InChI is InChI=1S/C25H22N6O/c32-25(18-10-11-26-23(13-18)19-6-9-22(27-14-19)16-4-5-16)29-20-3-1-2-17(12-20)24-30-28-15-31(24)21-7-8-21/h1-3,6,9-16,21H,4-5,7-8H2,(H,29,32). The molecule has 2 fully saturated rings. The maximum absolute atomic E-state index is 12.9. The zero-order valence-electron chi connectivity index (χ0n) is 17.5. The van der Waals surface area contributed by atoms with Gasteiger partial charge in [0.25, 0.3) is 5.91 Å². The SMILES string of the molecule is O=C(Nc1cccc(-c2nncn2C2CC2)c1)c1ccnc(-c2ccc(C3CC3)nc2)c1. The maximum atomic E-state index is 12.9. The van der Waals surface area contributed by atoms with E-state index in [-0.39, 0.29) is 5.91 Å². The molecule has 3 heterocycles. The highest BCUT2D eigenvalue weighted by Gasteiger charge is 2.27. The van der Waals surface area contributed by atoms with Crippen LogP contribution in [0.25, 0.3) is 22.6 Å². The molecule has 7 nitrogen and oxygen atoms in total. The maximum Gasteiger partial charge on any atom is 0.255 e. The van der Waals surface area contributed by atoms with E-state index in [0.29, 0.717) is 23.2 Å². The molecule has 3 aromatic heterocycles. The van der Waals surface area contributed by atoms with Crippen LogP contribution in [0.15, 0.2) is 67.3 Å². The average Bonchev–Trinajstić information content (AvgIpc) is 3.78. The Morgan fingerprint density at radius 3 is 2.66 bits per heavy atom. The molecule has 4 aromatic rings. The van der Waals surface area contributed by atoms with E-state index in [1.807, 2.05) is 36.5 Å². The minimum Gasteiger partial charge on any atom is -0.322 e. The Labute approximate surface area is 185 Å². The van der Waals surface area contributed by atoms with Gasteiger partial charge in [-0.25, -0.2) is 0 Å². The first kappa shape index (κ1) is 18.9. The van der Waals surface area contributed by atoms with Gasteiger partial charge >= 0.3 is 0 Å². The van der Waals surface area contributed by atoms with Crippen molar-refractivity contribution < 1.29 is 4.79 Å². The van der Waals surface area contributed by atoms with Gasteiger partial charge in [0, 0.05) is 52.4 Å². The van der Waals surface area contributed by atoms with Crippen molar-refractivity contribution in [3.63, 3.8) is 0 Å². The van der Waals surface area contributed by atoms with Crippen LogP contribution >= 0.6 is 0 Å². The molecule has 32 heavy (non-hydrogen) atoms. The Kier molecular flexibility index (Phi) is 4.52. The lowest BCUT2D eigenvalue weighted by Crippen LogP contribution is -2.12. The van der Waals surface area contributed by atoms with E-state index in [1.165, 1.54) is 12.8 Å². The summed E-state index contributed by atoms with van der Waals surface area (Å²) in [5.41, 5.74) is 4.98. The van der Waals surface area contributed by atoms with Gasteiger partial charge in [-0.15, -0.1) is 10.2 Å². The third-order valence-corrected chi connectivity index (χ3v) is 5.99. The molecule has 2 saturated carbocycles. The van der Waals surface area contributed by atoms with Gasteiger partial charge in [-0.05, 0) is 62.1 Å². The van der Waals surface area contributed by atoms with Crippen LogP contribution < -0.4 is 5.32 Å². The van der Waals surface area contributed by atoms with Crippen molar-refractivity contribution >= 4 is 11.6 Å². The van der Waals surface area contributed by atoms with Gasteiger partial charge < -0.3 is 9.88 Å². The van der Waals surface area contributed by atoms with Gasteiger partial charge in [-0.3, -0.25) is 14.8 Å². The first-order valence-corrected chi connectivity index (χ1v) is 11.0. The highest BCUT2D eigenvalue weighted by molar-refractivity contribution is 6.05. The van der Waals surface area contributed by atoms with Crippen molar-refractivity contribution in [2.75, 3.05) is 5.32 Å². The molecule has 0 aliphatic heterocycles. The van der Waals surface area contributed by atoms with Crippen LogP contribution in [-0.4, -0.2) is 30.6 Å². The number of nitrogens with one attached hydrogen (secondary N) is 1. The van der Waals surface area contributed by atoms with E-state index >= 15 is 0 Å². The Hall–Kier alpha value is -3.87. The summed E-state index contributed by atoms with van der Waals surface area (Å²) in [6.07, 6.45) is 10.0. The van der Waals surface area contributed by atoms with Crippen LogP contribution in [0.5, 0.6) is 0 Å². The number of anilines is 1. The molecule has 1 amide bonds. The molecule has 0 radical (unpaired) electrons. The van der Waals surface area contributed by atoms with E-state index in [0.717, 1.165) is 41.2 Å². The Morgan fingerprint density at radius 2 is 1.88 bits per heavy atom. The zero-order valence-corrected chi connectivity index (χ0v) is 17.5. The second-order valence-electron chi connectivity index (χ2n) is 8.50. The number of rotatable bonds is 6. The van der Waals surface area contributed by atoms with Crippen molar-refractivity contribution in [3.05, 3.63) is 78.5 Å². The van der Waals surface area contributed by atoms with E-state index in [2.05, 4.69) is 36.1 Å². The van der Waals surface area contributed by atoms with Crippen molar-refractivity contribution in [1.82, 2.24) is 24.7 Å². The number of nitrogens with zero attached hydrogens (tertiary/aromatic N) is 5. The predicted octanol–water partition coefficient (Wildman–Crippen LogP) is 4.87. The van der Waals surface area contributed by atoms with Gasteiger partial charge in [0.05, 0.1) is 5.69 Å². The van der Waals surface area contributed by atoms with Gasteiger partial charge in [0.2, 0.25) is 0 Å². The van der Waals surface area contributed by atoms with Crippen LogP contribution in [0.2, 0.25) is 0 Å². The second kappa shape index (κ2) is 7.67. The summed E-state index contributed by atoms with van der Waals surface area (Å²) in [5, 5.41) is 11.3. The number of amides is 1. The molecule has 7 heteroatoms. The number of aromatic nitrogens is 5. The largest absolute Gasteiger partial charge is 0.322 e. The topological polar surface area (TPSA) is 85.6 Å². The van der Waals surface area contributed by atoms with Crippen molar-refractivity contribution in [2.24, 2.45) is 0 Å². The van der Waals surface area contributed by atoms with Gasteiger partial charge in [-0.2, -0.15) is 0 Å². The van der Waals surface area contributed by atoms with Crippen LogP contribution in [0.3, 0.4) is 0 Å². The van der Waals surface area contributed by atoms with E-state index < -0.39 is 0 Å². The normalized spacial score (nSPS) is 15.5. The monoisotopic (exact) mass is 422 g/mol. The third-order valence-electron chi connectivity index (χ3n) is 5.99. The molecule has 2 aliphatic rings. The summed E-state index contributed by atoms with van der Waals surface area (Å²) < 4.78 is 2.11. The summed E-state index contributed by atoms with van der Waals surface area (Å²) >= 11 is 0. The fourth-order valence-electron chi connectivity index (χ4n) is 3.92. The predicted molar refractivity (Wildman–Crippen MR) is 121 cm³/mol. The quantitative estimate of drug-likeness (QED) is 0.479. The van der Waals surface area contributed by atoms with Gasteiger partial charge in [0.15, 0.2) is 5.82 Å². The van der Waals surface area contributed by atoms with Crippen LogP contribution in [0.4, 0.5) is 5.69 Å². The molecule has 0 saturated heterocycles. The molecule has 0 unspecified atom stereocenters. The summed E-state index contributed by atoms with van der Waals surface area (Å²) in [7, 11) is 0. The number of hydrogen-bond acceptors (Lipinski definition) is 5. The molecule has 6 rings (SSSR count). The molecule has 1 N–H and O–H groups in total. The average molecular weight is 422 g/mol. The van der Waals surface area contributed by atoms with Crippen LogP contribution in [0.1, 0.15) is 53.7 Å². The van der Waals surface area contributed by atoms with Crippen molar-refractivity contribution in [1.29, 1.82) is 0 Å². The molecular weight excluding hydrogens is 400 g/mol. The van der Waals surface area contributed by atoms with E-state index in [9.17, 15) is 4.79 Å². The number of carbonyl (C=O) groups excluding carboxylic acids is 1. The Bertz CT molecular complexity index is 1290. The molecule has 0 bridgehead atoms. The summed E-state index contributed by atoms with van der Waals surface area (Å²) in [6.45, 7) is 0. The Balaban J connectivity index is 1.21. The molecule has 0 spiro atoms. The lowest BCUT2D eigenvalue weighted by molar-refractivity contribution is 0.102.